The summed E-state index contributed by atoms with van der Waals surface area (Å²) in [6.07, 6.45) is -0.939. The minimum Gasteiger partial charge on any atom is -0.466 e. The van der Waals surface area contributed by atoms with Crippen molar-refractivity contribution in [3.05, 3.63) is 120 Å². The number of hydrogen-bond donors (Lipinski definition) is 1. The first-order valence-corrected chi connectivity index (χ1v) is 12.7. The van der Waals surface area contributed by atoms with E-state index >= 15 is 0 Å². The van der Waals surface area contributed by atoms with Crippen molar-refractivity contribution in [1.82, 2.24) is 9.88 Å². The number of carbonyl (C=O) groups excluding carboxylic acids is 2. The highest BCUT2D eigenvalue weighted by molar-refractivity contribution is 5.89. The zero-order valence-electron chi connectivity index (χ0n) is 21.8. The van der Waals surface area contributed by atoms with E-state index in [4.69, 9.17) is 4.74 Å². The van der Waals surface area contributed by atoms with Gasteiger partial charge in [-0.1, -0.05) is 54.6 Å². The molecule has 0 aliphatic rings. The molecule has 0 fully saturated rings. The number of amides is 2. The Hall–Kier alpha value is -4.66. The number of benzene rings is 3. The zero-order valence-corrected chi connectivity index (χ0v) is 21.8. The van der Waals surface area contributed by atoms with E-state index in [0.29, 0.717) is 6.61 Å². The third kappa shape index (κ3) is 7.92. The minimum atomic E-state index is -4.45. The smallest absolute Gasteiger partial charge is 0.416 e. The summed E-state index contributed by atoms with van der Waals surface area (Å²) in [5, 5.41) is 2.69. The Morgan fingerprint density at radius 2 is 1.43 bits per heavy atom. The average Bonchev–Trinajstić information content (AvgIpc) is 2.94. The van der Waals surface area contributed by atoms with Gasteiger partial charge in [0.25, 0.3) is 0 Å². The molecular weight excluding hydrogens is 519 g/mol. The maximum atomic E-state index is 13.2. The van der Waals surface area contributed by atoms with Crippen molar-refractivity contribution in [3.63, 3.8) is 0 Å². The van der Waals surface area contributed by atoms with Crippen LogP contribution in [0.25, 0.3) is 11.1 Å². The second kappa shape index (κ2) is 12.9. The molecule has 0 bridgehead atoms. The highest BCUT2D eigenvalue weighted by Crippen LogP contribution is 2.30. The number of nitrogens with one attached hydrogen (secondary N) is 1. The monoisotopic (exact) mass is 547 g/mol. The molecule has 206 valence electrons. The second-order valence-electron chi connectivity index (χ2n) is 9.10. The molecule has 2 amide bonds. The molecule has 0 unspecified atom stereocenters. The summed E-state index contributed by atoms with van der Waals surface area (Å²) in [6.45, 7) is 2.64. The number of hydrogen-bond acceptors (Lipinski definition) is 4. The lowest BCUT2D eigenvalue weighted by atomic mass is 10.0. The van der Waals surface area contributed by atoms with E-state index in [1.54, 1.807) is 30.3 Å². The van der Waals surface area contributed by atoms with Gasteiger partial charge in [-0.25, -0.2) is 4.79 Å². The third-order valence-corrected chi connectivity index (χ3v) is 6.12. The Kier molecular flexibility index (Phi) is 9.16. The fraction of sp³-hybridized carbons (Fsp3) is 0.194. The number of aromatic nitrogens is 1. The van der Waals surface area contributed by atoms with E-state index in [2.05, 4.69) is 10.3 Å². The highest BCUT2D eigenvalue weighted by atomic mass is 19.4. The SMILES string of the molecule is CCOC(=O)Cc1ccc(-c2ccc(CN(Cc3cccnc3)C(=O)Nc3ccc(C(F)(F)F)cc3)cc2)cc1. The lowest BCUT2D eigenvalue weighted by Crippen LogP contribution is -2.34. The number of halogens is 3. The molecule has 1 heterocycles. The van der Waals surface area contributed by atoms with Gasteiger partial charge in [0.05, 0.1) is 18.6 Å². The van der Waals surface area contributed by atoms with E-state index in [9.17, 15) is 22.8 Å². The first kappa shape index (κ1) is 28.4. The first-order chi connectivity index (χ1) is 19.2. The van der Waals surface area contributed by atoms with Crippen molar-refractivity contribution < 1.29 is 27.5 Å². The highest BCUT2D eigenvalue weighted by Gasteiger charge is 2.30. The van der Waals surface area contributed by atoms with E-state index in [1.807, 2.05) is 54.6 Å². The van der Waals surface area contributed by atoms with Crippen molar-refractivity contribution in [2.45, 2.75) is 32.6 Å². The second-order valence-corrected chi connectivity index (χ2v) is 9.10. The molecule has 6 nitrogen and oxygen atoms in total. The Labute approximate surface area is 230 Å². The molecule has 4 aromatic rings. The summed E-state index contributed by atoms with van der Waals surface area (Å²) in [7, 11) is 0. The molecular formula is C31H28F3N3O3. The lowest BCUT2D eigenvalue weighted by Gasteiger charge is -2.23. The van der Waals surface area contributed by atoms with Crippen LogP contribution in [0.1, 0.15) is 29.2 Å². The van der Waals surface area contributed by atoms with Crippen LogP contribution in [-0.4, -0.2) is 28.5 Å². The molecule has 0 atom stereocenters. The van der Waals surface area contributed by atoms with Crippen LogP contribution in [0.2, 0.25) is 0 Å². The van der Waals surface area contributed by atoms with Crippen LogP contribution >= 0.6 is 0 Å². The minimum absolute atomic E-state index is 0.217. The number of nitrogens with zero attached hydrogens (tertiary/aromatic N) is 2. The summed E-state index contributed by atoms with van der Waals surface area (Å²) < 4.78 is 43.7. The summed E-state index contributed by atoms with van der Waals surface area (Å²) in [5.41, 5.74) is 3.97. The maximum absolute atomic E-state index is 13.2. The van der Waals surface area contributed by atoms with Gasteiger partial charge in [-0.3, -0.25) is 9.78 Å². The predicted octanol–water partition coefficient (Wildman–Crippen LogP) is 7.11. The van der Waals surface area contributed by atoms with Gasteiger partial charge in [0.1, 0.15) is 0 Å². The number of pyridine rings is 1. The third-order valence-electron chi connectivity index (χ3n) is 6.12. The van der Waals surface area contributed by atoms with Crippen LogP contribution in [-0.2, 0) is 35.2 Å². The van der Waals surface area contributed by atoms with Crippen LogP contribution < -0.4 is 5.32 Å². The number of rotatable bonds is 9. The van der Waals surface area contributed by atoms with Crippen LogP contribution in [0.3, 0.4) is 0 Å². The quantitative estimate of drug-likeness (QED) is 0.227. The molecule has 1 N–H and O–H groups in total. The van der Waals surface area contributed by atoms with E-state index in [1.165, 1.54) is 12.1 Å². The van der Waals surface area contributed by atoms with Crippen molar-refractivity contribution in [2.24, 2.45) is 0 Å². The largest absolute Gasteiger partial charge is 0.466 e. The molecule has 0 aliphatic heterocycles. The molecule has 1 aromatic heterocycles. The molecule has 0 spiro atoms. The number of alkyl halides is 3. The fourth-order valence-corrected chi connectivity index (χ4v) is 4.07. The number of urea groups is 1. The maximum Gasteiger partial charge on any atom is 0.416 e. The van der Waals surface area contributed by atoms with Gasteiger partial charge in [0.2, 0.25) is 0 Å². The van der Waals surface area contributed by atoms with Gasteiger partial charge in [0.15, 0.2) is 0 Å². The van der Waals surface area contributed by atoms with Gasteiger partial charge in [0, 0.05) is 31.2 Å². The molecule has 0 radical (unpaired) electrons. The number of carbonyl (C=O) groups is 2. The number of ether oxygens (including phenoxy) is 1. The van der Waals surface area contributed by atoms with Crippen molar-refractivity contribution >= 4 is 17.7 Å². The van der Waals surface area contributed by atoms with Gasteiger partial charge in [-0.15, -0.1) is 0 Å². The summed E-state index contributed by atoms with van der Waals surface area (Å²) in [6, 6.07) is 22.9. The molecule has 0 saturated carbocycles. The molecule has 40 heavy (non-hydrogen) atoms. The number of esters is 1. The van der Waals surface area contributed by atoms with Crippen LogP contribution in [0.5, 0.6) is 0 Å². The van der Waals surface area contributed by atoms with Crippen molar-refractivity contribution in [1.29, 1.82) is 0 Å². The Morgan fingerprint density at radius 3 is 1.98 bits per heavy atom. The van der Waals surface area contributed by atoms with Crippen LogP contribution in [0, 0.1) is 0 Å². The normalized spacial score (nSPS) is 11.1. The van der Waals surface area contributed by atoms with Gasteiger partial charge < -0.3 is 15.0 Å². The zero-order chi connectivity index (χ0) is 28.5. The topological polar surface area (TPSA) is 71.5 Å². The number of anilines is 1. The molecule has 0 saturated heterocycles. The van der Waals surface area contributed by atoms with Gasteiger partial charge >= 0.3 is 18.2 Å². The predicted molar refractivity (Wildman–Crippen MR) is 146 cm³/mol. The van der Waals surface area contributed by atoms with Crippen LogP contribution in [0.15, 0.2) is 97.3 Å². The van der Waals surface area contributed by atoms with E-state index < -0.39 is 17.8 Å². The molecule has 3 aromatic carbocycles. The first-order valence-electron chi connectivity index (χ1n) is 12.7. The molecule has 4 rings (SSSR count). The van der Waals surface area contributed by atoms with Crippen molar-refractivity contribution in [3.8, 4) is 11.1 Å². The molecule has 0 aliphatic carbocycles. The molecule has 9 heteroatoms. The summed E-state index contributed by atoms with van der Waals surface area (Å²) >= 11 is 0. The van der Waals surface area contributed by atoms with E-state index in [0.717, 1.165) is 39.9 Å². The van der Waals surface area contributed by atoms with E-state index in [-0.39, 0.29) is 31.2 Å². The Balaban J connectivity index is 1.46. The van der Waals surface area contributed by atoms with Crippen LogP contribution in [0.4, 0.5) is 23.7 Å². The van der Waals surface area contributed by atoms with Gasteiger partial charge in [-0.2, -0.15) is 13.2 Å². The van der Waals surface area contributed by atoms with Gasteiger partial charge in [-0.05, 0) is 65.1 Å². The lowest BCUT2D eigenvalue weighted by molar-refractivity contribution is -0.142. The summed E-state index contributed by atoms with van der Waals surface area (Å²) in [4.78, 5) is 30.6. The fourth-order valence-electron chi connectivity index (χ4n) is 4.07. The summed E-state index contributed by atoms with van der Waals surface area (Å²) in [5.74, 6) is -0.266. The average molecular weight is 548 g/mol. The Bertz CT molecular complexity index is 1410. The Morgan fingerprint density at radius 1 is 0.825 bits per heavy atom. The standard InChI is InChI=1S/C31H28F3N3O3/c1-2-40-29(38)18-22-5-9-25(10-6-22)26-11-7-23(8-12-26)20-37(21-24-4-3-17-35-19-24)30(39)36-28-15-13-27(14-16-28)31(32,33)34/h3-17,19H,2,18,20-21H2,1H3,(H,36,39). The van der Waals surface area contributed by atoms with Crippen molar-refractivity contribution in [2.75, 3.05) is 11.9 Å².